The van der Waals surface area contributed by atoms with E-state index in [1.54, 1.807) is 12.1 Å². The first-order valence-electron chi connectivity index (χ1n) is 6.91. The molecule has 2 aromatic rings. The summed E-state index contributed by atoms with van der Waals surface area (Å²) in [5, 5.41) is 23.8. The molecule has 2 rings (SSSR count). The van der Waals surface area contributed by atoms with Crippen molar-refractivity contribution in [3.63, 3.8) is 0 Å². The van der Waals surface area contributed by atoms with Gasteiger partial charge in [-0.15, -0.1) is 0 Å². The Balaban J connectivity index is 2.04. The van der Waals surface area contributed by atoms with Crippen molar-refractivity contribution >= 4 is 17.8 Å². The molecule has 2 aromatic carbocycles. The number of carbonyl (C=O) groups excluding carboxylic acids is 1. The lowest BCUT2D eigenvalue weighted by atomic mass is 10.1. The topological polar surface area (TPSA) is 105 Å². The first-order valence-corrected chi connectivity index (χ1v) is 6.91. The van der Waals surface area contributed by atoms with Crippen LogP contribution in [0, 0.1) is 10.1 Å². The quantitative estimate of drug-likeness (QED) is 0.503. The Morgan fingerprint density at radius 1 is 1.30 bits per heavy atom. The third-order valence-corrected chi connectivity index (χ3v) is 3.20. The number of phenolic OH excluding ortho intramolecular Hbond substituents is 1. The molecule has 0 saturated heterocycles. The molecule has 0 spiro atoms. The molecule has 0 unspecified atom stereocenters. The van der Waals surface area contributed by atoms with E-state index in [-0.39, 0.29) is 5.91 Å². The van der Waals surface area contributed by atoms with Gasteiger partial charge in [-0.25, -0.2) is 5.43 Å². The van der Waals surface area contributed by atoms with Crippen LogP contribution in [0.1, 0.15) is 28.4 Å². The summed E-state index contributed by atoms with van der Waals surface area (Å²) in [5.41, 5.74) is 3.91. The van der Waals surface area contributed by atoms with E-state index in [0.29, 0.717) is 11.1 Å². The summed E-state index contributed by atoms with van der Waals surface area (Å²) in [7, 11) is 0. The Labute approximate surface area is 132 Å². The normalized spacial score (nSPS) is 10.7. The highest BCUT2D eigenvalue weighted by atomic mass is 16.6. The lowest BCUT2D eigenvalue weighted by molar-refractivity contribution is -0.385. The van der Waals surface area contributed by atoms with Crippen LogP contribution in [-0.4, -0.2) is 22.2 Å². The third-order valence-electron chi connectivity index (χ3n) is 3.20. The molecule has 0 bridgehead atoms. The van der Waals surface area contributed by atoms with Crippen LogP contribution >= 0.6 is 0 Å². The average molecular weight is 313 g/mol. The van der Waals surface area contributed by atoms with E-state index in [4.69, 9.17) is 0 Å². The lowest BCUT2D eigenvalue weighted by Crippen LogP contribution is -2.17. The molecule has 0 radical (unpaired) electrons. The summed E-state index contributed by atoms with van der Waals surface area (Å²) in [6.45, 7) is 2.02. The van der Waals surface area contributed by atoms with Crippen molar-refractivity contribution in [1.82, 2.24) is 5.43 Å². The number of nitrogens with zero attached hydrogens (tertiary/aromatic N) is 2. The molecule has 118 valence electrons. The molecule has 0 saturated carbocycles. The SMILES string of the molecule is CCc1ccc(C(=O)N/N=C/c2ccc(O)c([N+](=O)[O-])c2)cc1. The largest absolute Gasteiger partial charge is 0.502 e. The summed E-state index contributed by atoms with van der Waals surface area (Å²) in [4.78, 5) is 21.9. The summed E-state index contributed by atoms with van der Waals surface area (Å²) in [6, 6.07) is 11.0. The molecule has 0 fully saturated rings. The zero-order valence-electron chi connectivity index (χ0n) is 12.4. The standard InChI is InChI=1S/C16H15N3O4/c1-2-11-3-6-13(7-4-11)16(21)18-17-10-12-5-8-15(20)14(9-12)19(22)23/h3-10,20H,2H2,1H3,(H,18,21)/b17-10+. The van der Waals surface area contributed by atoms with Gasteiger partial charge in [-0.3, -0.25) is 14.9 Å². The number of aromatic hydroxyl groups is 1. The van der Waals surface area contributed by atoms with E-state index in [1.807, 2.05) is 19.1 Å². The molecular weight excluding hydrogens is 298 g/mol. The van der Waals surface area contributed by atoms with E-state index >= 15 is 0 Å². The fourth-order valence-electron chi connectivity index (χ4n) is 1.89. The minimum Gasteiger partial charge on any atom is -0.502 e. The molecule has 2 N–H and O–H groups in total. The molecule has 7 heteroatoms. The van der Waals surface area contributed by atoms with Gasteiger partial charge in [-0.2, -0.15) is 5.10 Å². The molecule has 0 aromatic heterocycles. The number of benzene rings is 2. The highest BCUT2D eigenvalue weighted by molar-refractivity contribution is 5.95. The Hall–Kier alpha value is -3.22. The number of aryl methyl sites for hydroxylation is 1. The van der Waals surface area contributed by atoms with Crippen molar-refractivity contribution in [1.29, 1.82) is 0 Å². The van der Waals surface area contributed by atoms with Crippen LogP contribution in [0.2, 0.25) is 0 Å². The van der Waals surface area contributed by atoms with Crippen molar-refractivity contribution in [2.24, 2.45) is 5.10 Å². The predicted octanol–water partition coefficient (Wildman–Crippen LogP) is 2.63. The first kappa shape index (κ1) is 16.2. The molecule has 0 aliphatic heterocycles. The molecule has 1 amide bonds. The van der Waals surface area contributed by atoms with Crippen LogP contribution in [0.5, 0.6) is 5.75 Å². The number of nitro benzene ring substituents is 1. The van der Waals surface area contributed by atoms with Gasteiger partial charge in [-0.05, 0) is 36.2 Å². The number of nitrogens with one attached hydrogen (secondary N) is 1. The van der Waals surface area contributed by atoms with Gasteiger partial charge in [0.15, 0.2) is 5.75 Å². The number of hydrogen-bond donors (Lipinski definition) is 2. The van der Waals surface area contributed by atoms with E-state index in [9.17, 15) is 20.0 Å². The summed E-state index contributed by atoms with van der Waals surface area (Å²) in [6.07, 6.45) is 2.16. The summed E-state index contributed by atoms with van der Waals surface area (Å²) >= 11 is 0. The second-order valence-corrected chi connectivity index (χ2v) is 4.75. The number of nitro groups is 1. The highest BCUT2D eigenvalue weighted by Gasteiger charge is 2.12. The van der Waals surface area contributed by atoms with Gasteiger partial charge in [0.05, 0.1) is 11.1 Å². The smallest absolute Gasteiger partial charge is 0.311 e. The first-order chi connectivity index (χ1) is 11.0. The molecule has 0 atom stereocenters. The molecule has 0 heterocycles. The van der Waals surface area contributed by atoms with Crippen LogP contribution in [-0.2, 0) is 6.42 Å². The van der Waals surface area contributed by atoms with Crippen LogP contribution in [0.3, 0.4) is 0 Å². The number of amides is 1. The molecule has 0 aliphatic carbocycles. The molecule has 0 aliphatic rings. The van der Waals surface area contributed by atoms with Gasteiger partial charge in [-0.1, -0.05) is 19.1 Å². The Morgan fingerprint density at radius 2 is 2.00 bits per heavy atom. The Kier molecular flexibility index (Phi) is 5.03. The third kappa shape index (κ3) is 4.13. The monoisotopic (exact) mass is 313 g/mol. The van der Waals surface area contributed by atoms with Gasteiger partial charge >= 0.3 is 5.69 Å². The maximum absolute atomic E-state index is 11.9. The van der Waals surface area contributed by atoms with Crippen LogP contribution in [0.15, 0.2) is 47.6 Å². The number of phenols is 1. The average Bonchev–Trinajstić information content (AvgIpc) is 2.56. The number of hydrogen-bond acceptors (Lipinski definition) is 5. The van der Waals surface area contributed by atoms with Gasteiger partial charge in [0.25, 0.3) is 5.91 Å². The summed E-state index contributed by atoms with van der Waals surface area (Å²) in [5.74, 6) is -0.801. The van der Waals surface area contributed by atoms with Crippen molar-refractivity contribution in [2.75, 3.05) is 0 Å². The van der Waals surface area contributed by atoms with E-state index in [1.165, 1.54) is 24.4 Å². The van der Waals surface area contributed by atoms with Crippen LogP contribution in [0.25, 0.3) is 0 Å². The maximum Gasteiger partial charge on any atom is 0.311 e. The Morgan fingerprint density at radius 3 is 2.61 bits per heavy atom. The molecule has 23 heavy (non-hydrogen) atoms. The maximum atomic E-state index is 11.9. The fraction of sp³-hybridized carbons (Fsp3) is 0.125. The number of rotatable bonds is 5. The van der Waals surface area contributed by atoms with Crippen LogP contribution < -0.4 is 5.43 Å². The second-order valence-electron chi connectivity index (χ2n) is 4.75. The zero-order valence-corrected chi connectivity index (χ0v) is 12.4. The lowest BCUT2D eigenvalue weighted by Gasteiger charge is -2.01. The highest BCUT2D eigenvalue weighted by Crippen LogP contribution is 2.25. The number of hydrazone groups is 1. The number of carbonyl (C=O) groups is 1. The van der Waals surface area contributed by atoms with Crippen molar-refractivity contribution < 1.29 is 14.8 Å². The van der Waals surface area contributed by atoms with Crippen molar-refractivity contribution in [2.45, 2.75) is 13.3 Å². The van der Waals surface area contributed by atoms with Gasteiger partial charge < -0.3 is 5.11 Å². The van der Waals surface area contributed by atoms with Crippen molar-refractivity contribution in [3.8, 4) is 5.75 Å². The van der Waals surface area contributed by atoms with Crippen molar-refractivity contribution in [3.05, 3.63) is 69.3 Å². The Bertz CT molecular complexity index is 754. The van der Waals surface area contributed by atoms with Crippen LogP contribution in [0.4, 0.5) is 5.69 Å². The molecular formula is C16H15N3O4. The van der Waals surface area contributed by atoms with Gasteiger partial charge in [0, 0.05) is 17.2 Å². The minimum atomic E-state index is -0.694. The van der Waals surface area contributed by atoms with E-state index in [2.05, 4.69) is 10.5 Å². The zero-order chi connectivity index (χ0) is 16.8. The molecule has 7 nitrogen and oxygen atoms in total. The van der Waals surface area contributed by atoms with E-state index in [0.717, 1.165) is 12.0 Å². The van der Waals surface area contributed by atoms with Gasteiger partial charge in [0.2, 0.25) is 0 Å². The van der Waals surface area contributed by atoms with E-state index < -0.39 is 16.4 Å². The summed E-state index contributed by atoms with van der Waals surface area (Å²) < 4.78 is 0. The minimum absolute atomic E-state index is 0.378. The fourth-order valence-corrected chi connectivity index (χ4v) is 1.89. The van der Waals surface area contributed by atoms with Gasteiger partial charge in [0.1, 0.15) is 0 Å². The second kappa shape index (κ2) is 7.17. The predicted molar refractivity (Wildman–Crippen MR) is 85.6 cm³/mol.